The monoisotopic (exact) mass is 501 g/mol. The number of nitrogens with one attached hydrogen (secondary N) is 2. The smallest absolute Gasteiger partial charge is 0.151 e. The Hall–Kier alpha value is -3.76. The summed E-state index contributed by atoms with van der Waals surface area (Å²) in [5.41, 5.74) is 11.4. The number of benzene rings is 2. The molecule has 10 heteroatoms. The first-order chi connectivity index (χ1) is 17.3. The van der Waals surface area contributed by atoms with Gasteiger partial charge in [-0.1, -0.05) is 36.4 Å². The van der Waals surface area contributed by atoms with E-state index in [1.165, 1.54) is 6.26 Å². The molecule has 4 heterocycles. The minimum Gasteiger partial charge on any atom is -0.356 e. The number of aromatic nitrogens is 5. The van der Waals surface area contributed by atoms with Crippen molar-refractivity contribution in [3.8, 4) is 11.1 Å². The summed E-state index contributed by atoms with van der Waals surface area (Å²) in [6.07, 6.45) is 6.14. The molecule has 184 valence electrons. The lowest BCUT2D eigenvalue weighted by molar-refractivity contribution is 0.327. The van der Waals surface area contributed by atoms with Crippen molar-refractivity contribution in [2.75, 3.05) is 24.2 Å². The third kappa shape index (κ3) is 4.02. The molecule has 1 fully saturated rings. The van der Waals surface area contributed by atoms with Gasteiger partial charge in [-0.25, -0.2) is 23.4 Å². The lowest BCUT2D eigenvalue weighted by atomic mass is 9.88. The summed E-state index contributed by atoms with van der Waals surface area (Å²) in [7, 11) is -3.18. The predicted octanol–water partition coefficient (Wildman–Crippen LogP) is 3.50. The quantitative estimate of drug-likeness (QED) is 0.336. The van der Waals surface area contributed by atoms with Crippen molar-refractivity contribution in [1.82, 2.24) is 24.9 Å². The molecule has 3 aromatic heterocycles. The van der Waals surface area contributed by atoms with E-state index in [1.807, 2.05) is 54.7 Å². The van der Waals surface area contributed by atoms with E-state index < -0.39 is 15.4 Å². The largest absolute Gasteiger partial charge is 0.356 e. The molecular formula is C26H27N7O2S. The molecule has 5 aromatic rings. The fraction of sp³-hybridized carbons (Fsp3) is 0.269. The van der Waals surface area contributed by atoms with Gasteiger partial charge >= 0.3 is 0 Å². The highest BCUT2D eigenvalue weighted by Crippen LogP contribution is 2.36. The van der Waals surface area contributed by atoms with Crippen LogP contribution in [0, 0.1) is 0 Å². The van der Waals surface area contributed by atoms with Gasteiger partial charge in [-0.2, -0.15) is 0 Å². The van der Waals surface area contributed by atoms with Crippen molar-refractivity contribution in [1.29, 1.82) is 0 Å². The van der Waals surface area contributed by atoms with Gasteiger partial charge in [-0.05, 0) is 36.1 Å². The van der Waals surface area contributed by atoms with Crippen molar-refractivity contribution < 1.29 is 8.42 Å². The molecule has 4 N–H and O–H groups in total. The van der Waals surface area contributed by atoms with E-state index in [-0.39, 0.29) is 5.75 Å². The zero-order valence-electron chi connectivity index (χ0n) is 19.9. The number of piperidine rings is 1. The molecule has 0 saturated carbocycles. The maximum absolute atomic E-state index is 12.0. The molecule has 0 bridgehead atoms. The maximum atomic E-state index is 12.0. The van der Waals surface area contributed by atoms with Crippen molar-refractivity contribution >= 4 is 37.7 Å². The molecular weight excluding hydrogens is 474 g/mol. The molecule has 1 aliphatic heterocycles. The third-order valence-electron chi connectivity index (χ3n) is 7.00. The van der Waals surface area contributed by atoms with Crippen LogP contribution in [0.1, 0.15) is 24.2 Å². The second kappa shape index (κ2) is 8.42. The van der Waals surface area contributed by atoms with Gasteiger partial charge in [0.2, 0.25) is 0 Å². The van der Waals surface area contributed by atoms with E-state index in [9.17, 15) is 8.42 Å². The molecule has 0 spiro atoms. The lowest BCUT2D eigenvalue weighted by Gasteiger charge is -2.38. The van der Waals surface area contributed by atoms with Crippen molar-refractivity contribution in [2.24, 2.45) is 5.73 Å². The average molecular weight is 502 g/mol. The van der Waals surface area contributed by atoms with Crippen LogP contribution in [0.2, 0.25) is 0 Å². The van der Waals surface area contributed by atoms with Crippen LogP contribution in [0.3, 0.4) is 0 Å². The molecule has 2 aromatic carbocycles. The molecule has 36 heavy (non-hydrogen) atoms. The van der Waals surface area contributed by atoms with E-state index in [1.54, 1.807) is 6.33 Å². The van der Waals surface area contributed by atoms with Crippen LogP contribution >= 0.6 is 0 Å². The highest BCUT2D eigenvalue weighted by atomic mass is 32.2. The van der Waals surface area contributed by atoms with E-state index >= 15 is 0 Å². The number of hydrogen-bond acceptors (Lipinski definition) is 7. The maximum Gasteiger partial charge on any atom is 0.151 e. The van der Waals surface area contributed by atoms with E-state index in [4.69, 9.17) is 10.7 Å². The van der Waals surface area contributed by atoms with Crippen LogP contribution in [0.25, 0.3) is 33.2 Å². The van der Waals surface area contributed by atoms with Crippen LogP contribution in [0.5, 0.6) is 0 Å². The number of rotatable bonds is 5. The fourth-order valence-corrected chi connectivity index (χ4v) is 5.96. The topological polar surface area (TPSA) is 134 Å². The zero-order chi connectivity index (χ0) is 24.9. The normalized spacial score (nSPS) is 16.1. The summed E-state index contributed by atoms with van der Waals surface area (Å²) < 4.78 is 24.1. The van der Waals surface area contributed by atoms with Gasteiger partial charge in [0.1, 0.15) is 23.6 Å². The first-order valence-electron chi connectivity index (χ1n) is 11.9. The Kier molecular flexibility index (Phi) is 5.31. The molecule has 6 rings (SSSR count). The van der Waals surface area contributed by atoms with Gasteiger partial charge in [0.15, 0.2) is 9.84 Å². The van der Waals surface area contributed by atoms with Crippen LogP contribution in [0.15, 0.2) is 61.1 Å². The Morgan fingerprint density at radius 2 is 1.81 bits per heavy atom. The first-order valence-corrected chi connectivity index (χ1v) is 13.9. The number of hydrogen-bond donors (Lipinski definition) is 3. The average Bonchev–Trinajstić information content (AvgIpc) is 3.51. The SMILES string of the molecule is CS(=O)(=O)Cc1ccccc1-c1cccc2[nH]c(C3(N)CCN(c4ncnc5[nH]ccc45)CC3)nc12. The second-order valence-electron chi connectivity index (χ2n) is 9.59. The minimum atomic E-state index is -3.18. The molecule has 1 aliphatic rings. The second-order valence-corrected chi connectivity index (χ2v) is 11.7. The van der Waals surface area contributed by atoms with E-state index in [0.29, 0.717) is 12.8 Å². The van der Waals surface area contributed by atoms with Gasteiger partial charge < -0.3 is 20.6 Å². The standard InChI is InChI=1S/C26H27N7O2S/c1-36(34,35)15-17-5-2-3-6-18(17)19-7-4-8-21-22(19)32-25(31-21)26(27)10-13-33(14-11-26)24-20-9-12-28-23(20)29-16-30-24/h2-9,12,16H,10-11,13-15,27H2,1H3,(H,31,32)(H,28,29,30). The number of H-pyrrole nitrogens is 2. The summed E-state index contributed by atoms with van der Waals surface area (Å²) in [4.78, 5) is 22.6. The molecule has 0 unspecified atom stereocenters. The Morgan fingerprint density at radius 1 is 1.03 bits per heavy atom. The highest BCUT2D eigenvalue weighted by molar-refractivity contribution is 7.89. The number of para-hydroxylation sites is 1. The van der Waals surface area contributed by atoms with Crippen LogP contribution in [-0.4, -0.2) is 52.7 Å². The highest BCUT2D eigenvalue weighted by Gasteiger charge is 2.36. The van der Waals surface area contributed by atoms with E-state index in [0.717, 1.165) is 63.5 Å². The zero-order valence-corrected chi connectivity index (χ0v) is 20.7. The van der Waals surface area contributed by atoms with Crippen LogP contribution < -0.4 is 10.6 Å². The van der Waals surface area contributed by atoms with Gasteiger partial charge in [-0.15, -0.1) is 0 Å². The van der Waals surface area contributed by atoms with Gasteiger partial charge in [-0.3, -0.25) is 0 Å². The molecule has 9 nitrogen and oxygen atoms in total. The fourth-order valence-electron chi connectivity index (χ4n) is 5.14. The number of sulfone groups is 1. The van der Waals surface area contributed by atoms with E-state index in [2.05, 4.69) is 24.8 Å². The lowest BCUT2D eigenvalue weighted by Crippen LogP contribution is -2.49. The minimum absolute atomic E-state index is 0.0229. The Labute approximate surface area is 208 Å². The first kappa shape index (κ1) is 22.7. The summed E-state index contributed by atoms with van der Waals surface area (Å²) in [5, 5.41) is 1.00. The summed E-state index contributed by atoms with van der Waals surface area (Å²) in [6.45, 7) is 1.49. The Morgan fingerprint density at radius 3 is 2.61 bits per heavy atom. The molecule has 0 amide bonds. The Bertz CT molecular complexity index is 1680. The van der Waals surface area contributed by atoms with Crippen molar-refractivity contribution in [3.05, 3.63) is 72.4 Å². The predicted molar refractivity (Wildman–Crippen MR) is 141 cm³/mol. The molecule has 0 aliphatic carbocycles. The van der Waals surface area contributed by atoms with Gasteiger partial charge in [0, 0.05) is 31.1 Å². The number of anilines is 1. The number of nitrogens with zero attached hydrogens (tertiary/aromatic N) is 4. The number of nitrogens with two attached hydrogens (primary N) is 1. The number of fused-ring (bicyclic) bond motifs is 2. The third-order valence-corrected chi connectivity index (χ3v) is 7.83. The van der Waals surface area contributed by atoms with Crippen LogP contribution in [0.4, 0.5) is 5.82 Å². The van der Waals surface area contributed by atoms with Gasteiger partial charge in [0.05, 0.1) is 27.7 Å². The van der Waals surface area contributed by atoms with Crippen molar-refractivity contribution in [2.45, 2.75) is 24.1 Å². The molecule has 0 radical (unpaired) electrons. The molecule has 1 saturated heterocycles. The molecule has 0 atom stereocenters. The van der Waals surface area contributed by atoms with Crippen molar-refractivity contribution in [3.63, 3.8) is 0 Å². The number of imidazole rings is 1. The number of aromatic amines is 2. The Balaban J connectivity index is 1.32. The summed E-state index contributed by atoms with van der Waals surface area (Å²) >= 11 is 0. The van der Waals surface area contributed by atoms with Gasteiger partial charge in [0.25, 0.3) is 0 Å². The summed E-state index contributed by atoms with van der Waals surface area (Å²) in [6, 6.07) is 15.5. The van der Waals surface area contributed by atoms with Crippen LogP contribution in [-0.2, 0) is 21.1 Å². The summed E-state index contributed by atoms with van der Waals surface area (Å²) in [5.74, 6) is 1.64.